The van der Waals surface area contributed by atoms with E-state index in [1.165, 1.54) is 31.2 Å². The average molecular weight is 309 g/mol. The van der Waals surface area contributed by atoms with Crippen LogP contribution < -0.4 is 10.6 Å². The van der Waals surface area contributed by atoms with Crippen molar-refractivity contribution >= 4 is 29.2 Å². The van der Waals surface area contributed by atoms with Gasteiger partial charge in [0.25, 0.3) is 5.69 Å². The zero-order valence-electron chi connectivity index (χ0n) is 11.7. The largest absolute Gasteiger partial charge is 0.480 e. The monoisotopic (exact) mass is 309 g/mol. The Morgan fingerprint density at radius 2 is 1.73 bits per heavy atom. The Hall–Kier alpha value is -2.97. The van der Waals surface area contributed by atoms with Gasteiger partial charge in [-0.1, -0.05) is 0 Å². The van der Waals surface area contributed by atoms with Gasteiger partial charge >= 0.3 is 5.97 Å². The molecule has 1 aromatic carbocycles. The van der Waals surface area contributed by atoms with Crippen LogP contribution in [0, 0.1) is 10.1 Å². The molecule has 0 saturated carbocycles. The van der Waals surface area contributed by atoms with E-state index in [1.807, 2.05) is 0 Å². The minimum Gasteiger partial charge on any atom is -0.480 e. The summed E-state index contributed by atoms with van der Waals surface area (Å²) < 4.78 is 0. The number of anilines is 1. The molecule has 9 nitrogen and oxygen atoms in total. The Balaban J connectivity index is 2.41. The van der Waals surface area contributed by atoms with Gasteiger partial charge in [0.2, 0.25) is 11.8 Å². The number of nitro benzene ring substituents is 1. The number of carbonyl (C=O) groups is 3. The van der Waals surface area contributed by atoms with E-state index in [1.54, 1.807) is 0 Å². The van der Waals surface area contributed by atoms with Gasteiger partial charge in [0, 0.05) is 30.7 Å². The first kappa shape index (κ1) is 17.1. The van der Waals surface area contributed by atoms with E-state index in [9.17, 15) is 24.5 Å². The number of carboxylic acids is 1. The summed E-state index contributed by atoms with van der Waals surface area (Å²) in [5.74, 6) is -2.16. The van der Waals surface area contributed by atoms with Crippen molar-refractivity contribution in [3.8, 4) is 0 Å². The highest BCUT2D eigenvalue weighted by Crippen LogP contribution is 2.15. The highest BCUT2D eigenvalue weighted by molar-refractivity contribution is 5.93. The van der Waals surface area contributed by atoms with Gasteiger partial charge in [0.15, 0.2) is 0 Å². The maximum absolute atomic E-state index is 11.6. The van der Waals surface area contributed by atoms with E-state index in [4.69, 9.17) is 5.11 Å². The number of aliphatic carboxylic acids is 1. The van der Waals surface area contributed by atoms with Crippen molar-refractivity contribution < 1.29 is 24.4 Å². The molecule has 1 rings (SSSR count). The Bertz CT molecular complexity index is 584. The lowest BCUT2D eigenvalue weighted by Gasteiger charge is -2.09. The molecule has 9 heteroatoms. The molecule has 0 radical (unpaired) electrons. The second-order valence-corrected chi connectivity index (χ2v) is 4.48. The minimum absolute atomic E-state index is 0.0972. The average Bonchev–Trinajstić information content (AvgIpc) is 2.45. The summed E-state index contributed by atoms with van der Waals surface area (Å²) in [4.78, 5) is 43.5. The SMILES string of the molecule is CC(NC(=O)CCC(=O)Nc1ccc([N+](=O)[O-])cc1)C(=O)O. The van der Waals surface area contributed by atoms with E-state index < -0.39 is 28.7 Å². The quantitative estimate of drug-likeness (QED) is 0.505. The van der Waals surface area contributed by atoms with Gasteiger partial charge in [-0.25, -0.2) is 0 Å². The maximum Gasteiger partial charge on any atom is 0.325 e. The van der Waals surface area contributed by atoms with Crippen molar-refractivity contribution in [1.82, 2.24) is 5.32 Å². The number of benzene rings is 1. The molecular formula is C13H15N3O6. The van der Waals surface area contributed by atoms with Gasteiger partial charge in [0.1, 0.15) is 6.04 Å². The zero-order valence-corrected chi connectivity index (χ0v) is 11.7. The first-order valence-corrected chi connectivity index (χ1v) is 6.36. The Morgan fingerprint density at radius 1 is 1.18 bits per heavy atom. The number of rotatable bonds is 7. The highest BCUT2D eigenvalue weighted by atomic mass is 16.6. The van der Waals surface area contributed by atoms with Crippen molar-refractivity contribution in [2.75, 3.05) is 5.32 Å². The van der Waals surface area contributed by atoms with Crippen LogP contribution in [-0.2, 0) is 14.4 Å². The fourth-order valence-corrected chi connectivity index (χ4v) is 1.49. The van der Waals surface area contributed by atoms with Crippen molar-refractivity contribution in [3.63, 3.8) is 0 Å². The molecule has 0 bridgehead atoms. The summed E-state index contributed by atoms with van der Waals surface area (Å²) in [6, 6.07) is 4.23. The van der Waals surface area contributed by atoms with Crippen LogP contribution in [0.25, 0.3) is 0 Å². The zero-order chi connectivity index (χ0) is 16.7. The number of nitro groups is 1. The van der Waals surface area contributed by atoms with Crippen molar-refractivity contribution in [1.29, 1.82) is 0 Å². The van der Waals surface area contributed by atoms with Crippen molar-refractivity contribution in [2.24, 2.45) is 0 Å². The smallest absolute Gasteiger partial charge is 0.325 e. The predicted molar refractivity (Wildman–Crippen MR) is 76.2 cm³/mol. The first-order valence-electron chi connectivity index (χ1n) is 6.36. The van der Waals surface area contributed by atoms with Gasteiger partial charge in [0.05, 0.1) is 4.92 Å². The number of nitrogens with zero attached hydrogens (tertiary/aromatic N) is 1. The van der Waals surface area contributed by atoms with E-state index in [2.05, 4.69) is 10.6 Å². The number of hydrogen-bond donors (Lipinski definition) is 3. The lowest BCUT2D eigenvalue weighted by Crippen LogP contribution is -2.38. The van der Waals surface area contributed by atoms with Gasteiger partial charge < -0.3 is 15.7 Å². The lowest BCUT2D eigenvalue weighted by atomic mass is 10.2. The molecule has 0 fully saturated rings. The summed E-state index contributed by atoms with van der Waals surface area (Å²) in [7, 11) is 0. The predicted octanol–water partition coefficient (Wildman–Crippen LogP) is 0.903. The number of hydrogen-bond acceptors (Lipinski definition) is 5. The van der Waals surface area contributed by atoms with Crippen LogP contribution >= 0.6 is 0 Å². The molecule has 118 valence electrons. The second kappa shape index (κ2) is 7.72. The highest BCUT2D eigenvalue weighted by Gasteiger charge is 2.15. The van der Waals surface area contributed by atoms with E-state index >= 15 is 0 Å². The van der Waals surface area contributed by atoms with E-state index in [0.717, 1.165) is 0 Å². The second-order valence-electron chi connectivity index (χ2n) is 4.48. The van der Waals surface area contributed by atoms with Crippen LogP contribution in [0.3, 0.4) is 0 Å². The lowest BCUT2D eigenvalue weighted by molar-refractivity contribution is -0.384. The molecule has 0 aromatic heterocycles. The normalized spacial score (nSPS) is 11.3. The standard InChI is InChI=1S/C13H15N3O6/c1-8(13(19)20)14-11(17)6-7-12(18)15-9-2-4-10(5-3-9)16(21)22/h2-5,8H,6-7H2,1H3,(H,14,17)(H,15,18)(H,19,20). The molecule has 0 saturated heterocycles. The van der Waals surface area contributed by atoms with Crippen LogP contribution in [0.15, 0.2) is 24.3 Å². The number of nitrogens with one attached hydrogen (secondary N) is 2. The van der Waals surface area contributed by atoms with E-state index in [0.29, 0.717) is 5.69 Å². The third kappa shape index (κ3) is 5.57. The molecule has 0 aliphatic carbocycles. The molecule has 0 spiro atoms. The van der Waals surface area contributed by atoms with E-state index in [-0.39, 0.29) is 18.5 Å². The first-order chi connectivity index (χ1) is 10.3. The number of amides is 2. The van der Waals surface area contributed by atoms with Crippen LogP contribution in [0.4, 0.5) is 11.4 Å². The molecule has 3 N–H and O–H groups in total. The molecule has 2 amide bonds. The molecule has 0 aliphatic heterocycles. The summed E-state index contributed by atoms with van der Waals surface area (Å²) in [5, 5.41) is 23.8. The molecule has 1 unspecified atom stereocenters. The van der Waals surface area contributed by atoms with Gasteiger partial charge in [-0.3, -0.25) is 24.5 Å². The number of non-ortho nitro benzene ring substituents is 1. The molecule has 0 heterocycles. The Morgan fingerprint density at radius 3 is 2.23 bits per heavy atom. The fourth-order valence-electron chi connectivity index (χ4n) is 1.49. The molecule has 1 atom stereocenters. The third-order valence-electron chi connectivity index (χ3n) is 2.69. The maximum atomic E-state index is 11.6. The van der Waals surface area contributed by atoms with Crippen molar-refractivity contribution in [2.45, 2.75) is 25.8 Å². The van der Waals surface area contributed by atoms with Gasteiger partial charge in [-0.15, -0.1) is 0 Å². The molecule has 0 aliphatic rings. The third-order valence-corrected chi connectivity index (χ3v) is 2.69. The van der Waals surface area contributed by atoms with Gasteiger partial charge in [-0.05, 0) is 19.1 Å². The van der Waals surface area contributed by atoms with Gasteiger partial charge in [-0.2, -0.15) is 0 Å². The fraction of sp³-hybridized carbons (Fsp3) is 0.308. The number of carbonyl (C=O) groups excluding carboxylic acids is 2. The molecule has 22 heavy (non-hydrogen) atoms. The summed E-state index contributed by atoms with van der Waals surface area (Å²) in [6.45, 7) is 1.32. The van der Waals surface area contributed by atoms with Crippen LogP contribution in [0.5, 0.6) is 0 Å². The molecule has 1 aromatic rings. The van der Waals surface area contributed by atoms with Crippen LogP contribution in [0.2, 0.25) is 0 Å². The Kier molecular flexibility index (Phi) is 5.99. The summed E-state index contributed by atoms with van der Waals surface area (Å²) in [6.07, 6.45) is -0.286. The Labute approximate surface area is 125 Å². The summed E-state index contributed by atoms with van der Waals surface area (Å²) >= 11 is 0. The van der Waals surface area contributed by atoms with Crippen LogP contribution in [0.1, 0.15) is 19.8 Å². The van der Waals surface area contributed by atoms with Crippen LogP contribution in [-0.4, -0.2) is 33.9 Å². The number of carboxylic acid groups (broad SMARTS) is 1. The summed E-state index contributed by atoms with van der Waals surface area (Å²) in [5.41, 5.74) is 0.273. The molecular weight excluding hydrogens is 294 g/mol. The topological polar surface area (TPSA) is 139 Å². The van der Waals surface area contributed by atoms with Crippen molar-refractivity contribution in [3.05, 3.63) is 34.4 Å². The minimum atomic E-state index is -1.16.